The number of carbonyl (C=O) groups excluding carboxylic acids is 1. The fraction of sp³-hybridized carbons (Fsp3) is 0.269. The molecule has 0 spiro atoms. The van der Waals surface area contributed by atoms with Crippen LogP contribution in [0.4, 0.5) is 17.1 Å². The van der Waals surface area contributed by atoms with Crippen molar-refractivity contribution in [1.82, 2.24) is 4.90 Å². The first kappa shape index (κ1) is 21.5. The Morgan fingerprint density at radius 2 is 1.30 bits per heavy atom. The van der Waals surface area contributed by atoms with Crippen LogP contribution in [0.15, 0.2) is 76.5 Å². The van der Waals surface area contributed by atoms with Crippen LogP contribution in [0.5, 0.6) is 0 Å². The van der Waals surface area contributed by atoms with Gasteiger partial charge in [0.1, 0.15) is 6.54 Å². The van der Waals surface area contributed by atoms with Crippen molar-refractivity contribution in [2.45, 2.75) is 23.6 Å². The number of amides is 1. The summed E-state index contributed by atoms with van der Waals surface area (Å²) in [7, 11) is -3.61. The van der Waals surface area contributed by atoms with E-state index in [1.54, 1.807) is 36.4 Å². The zero-order valence-corrected chi connectivity index (χ0v) is 19.7. The molecule has 1 amide bonds. The second kappa shape index (κ2) is 8.23. The second-order valence-electron chi connectivity index (χ2n) is 8.61. The summed E-state index contributed by atoms with van der Waals surface area (Å²) in [6.45, 7) is 7.19. The van der Waals surface area contributed by atoms with Crippen LogP contribution in [0.25, 0.3) is 0 Å². The summed E-state index contributed by atoms with van der Waals surface area (Å²) in [6, 6.07) is 20.2. The van der Waals surface area contributed by atoms with E-state index in [1.165, 1.54) is 16.8 Å². The molecule has 2 aliphatic rings. The maximum absolute atomic E-state index is 13.3. The number of hydrogen-bond acceptors (Lipinski definition) is 5. The number of carbonyl (C=O) groups is 1. The molecule has 7 heteroatoms. The number of hydrogen-bond donors (Lipinski definition) is 0. The molecule has 1 fully saturated rings. The summed E-state index contributed by atoms with van der Waals surface area (Å²) in [6.07, 6.45) is 0. The van der Waals surface area contributed by atoms with Gasteiger partial charge in [-0.05, 0) is 55.3 Å². The number of fused-ring (bicyclic) bond motifs is 2. The van der Waals surface area contributed by atoms with Crippen LogP contribution in [-0.2, 0) is 14.6 Å². The predicted molar refractivity (Wildman–Crippen MR) is 130 cm³/mol. The monoisotopic (exact) mass is 461 g/mol. The Morgan fingerprint density at radius 3 is 1.91 bits per heavy atom. The lowest BCUT2D eigenvalue weighted by molar-refractivity contribution is -0.129. The topological polar surface area (TPSA) is 60.9 Å². The first-order valence-corrected chi connectivity index (χ1v) is 12.7. The summed E-state index contributed by atoms with van der Waals surface area (Å²) < 4.78 is 26.2. The second-order valence-corrected chi connectivity index (χ2v) is 10.5. The first-order chi connectivity index (χ1) is 15.9. The Morgan fingerprint density at radius 1 is 0.758 bits per heavy atom. The average Bonchev–Trinajstić information content (AvgIpc) is 2.84. The quantitative estimate of drug-likeness (QED) is 0.591. The molecule has 3 aromatic carbocycles. The van der Waals surface area contributed by atoms with Crippen LogP contribution in [0, 0.1) is 13.8 Å². The molecule has 5 rings (SSSR count). The van der Waals surface area contributed by atoms with Crippen molar-refractivity contribution >= 4 is 32.8 Å². The highest BCUT2D eigenvalue weighted by Gasteiger charge is 2.35. The van der Waals surface area contributed by atoms with Crippen molar-refractivity contribution < 1.29 is 13.2 Å². The number of anilines is 3. The largest absolute Gasteiger partial charge is 0.368 e. The Kier molecular flexibility index (Phi) is 5.37. The van der Waals surface area contributed by atoms with Crippen molar-refractivity contribution in [3.8, 4) is 0 Å². The van der Waals surface area contributed by atoms with Crippen LogP contribution in [0.3, 0.4) is 0 Å². The lowest BCUT2D eigenvalue weighted by Crippen LogP contribution is -2.51. The molecular weight excluding hydrogens is 434 g/mol. The third-order valence-electron chi connectivity index (χ3n) is 6.73. The number of nitrogens with zero attached hydrogens (tertiary/aromatic N) is 3. The highest BCUT2D eigenvalue weighted by molar-refractivity contribution is 7.92. The third-order valence-corrected chi connectivity index (χ3v) is 8.58. The van der Waals surface area contributed by atoms with Gasteiger partial charge >= 0.3 is 0 Å². The van der Waals surface area contributed by atoms with Crippen molar-refractivity contribution in [2.75, 3.05) is 42.5 Å². The van der Waals surface area contributed by atoms with Gasteiger partial charge in [0.25, 0.3) is 0 Å². The first-order valence-electron chi connectivity index (χ1n) is 11.2. The van der Waals surface area contributed by atoms with Gasteiger partial charge in [-0.2, -0.15) is 0 Å². The van der Waals surface area contributed by atoms with Crippen LogP contribution in [0.1, 0.15) is 11.1 Å². The molecule has 0 unspecified atom stereocenters. The third kappa shape index (κ3) is 3.66. The van der Waals surface area contributed by atoms with Gasteiger partial charge in [0.05, 0.1) is 21.2 Å². The van der Waals surface area contributed by atoms with Crippen molar-refractivity contribution in [1.29, 1.82) is 0 Å². The molecular formula is C26H27N3O3S. The lowest BCUT2D eigenvalue weighted by Gasteiger charge is -2.39. The van der Waals surface area contributed by atoms with Crippen LogP contribution < -0.4 is 9.80 Å². The summed E-state index contributed by atoms with van der Waals surface area (Å²) in [5, 5.41) is 0. The molecule has 0 N–H and O–H groups in total. The molecule has 0 aliphatic carbocycles. The number of aryl methyl sites for hydroxylation is 1. The highest BCUT2D eigenvalue weighted by Crippen LogP contribution is 2.43. The van der Waals surface area contributed by atoms with E-state index >= 15 is 0 Å². The molecule has 170 valence electrons. The fourth-order valence-electron chi connectivity index (χ4n) is 4.74. The normalized spacial score (nSPS) is 16.8. The number of para-hydroxylation sites is 2. The maximum atomic E-state index is 13.3. The Hall–Kier alpha value is -3.32. The van der Waals surface area contributed by atoms with Crippen molar-refractivity contribution in [2.24, 2.45) is 0 Å². The van der Waals surface area contributed by atoms with Gasteiger partial charge in [0.2, 0.25) is 15.7 Å². The summed E-state index contributed by atoms with van der Waals surface area (Å²) >= 11 is 0. The molecule has 2 heterocycles. The van der Waals surface area contributed by atoms with Gasteiger partial charge in [0, 0.05) is 31.9 Å². The van der Waals surface area contributed by atoms with E-state index in [-0.39, 0.29) is 22.2 Å². The number of piperazine rings is 1. The van der Waals surface area contributed by atoms with Crippen LogP contribution in [-0.4, -0.2) is 51.9 Å². The SMILES string of the molecule is Cc1cccc(N2CCN(C(=O)CN3c4ccccc4S(=O)(=O)c4ccccc43)CC2)c1C. The minimum Gasteiger partial charge on any atom is -0.368 e. The molecule has 1 saturated heterocycles. The maximum Gasteiger partial charge on any atom is 0.242 e. The standard InChI is InChI=1S/C26H27N3O3S/c1-19-8-7-11-21(20(19)2)27-14-16-28(17-15-27)26(30)18-29-22-9-3-5-12-24(22)33(31,32)25-13-6-4-10-23(25)29/h3-13H,14-18H2,1-2H3. The zero-order chi connectivity index (χ0) is 23.2. The van der Waals surface area contributed by atoms with Gasteiger partial charge in [-0.1, -0.05) is 36.4 Å². The average molecular weight is 462 g/mol. The van der Waals surface area contributed by atoms with E-state index in [2.05, 4.69) is 36.9 Å². The van der Waals surface area contributed by atoms with Gasteiger partial charge in [0.15, 0.2) is 0 Å². The Labute approximate surface area is 195 Å². The smallest absolute Gasteiger partial charge is 0.242 e. The van der Waals surface area contributed by atoms with E-state index in [4.69, 9.17) is 0 Å². The zero-order valence-electron chi connectivity index (χ0n) is 18.9. The molecule has 0 aromatic heterocycles. The molecule has 33 heavy (non-hydrogen) atoms. The van der Waals surface area contributed by atoms with E-state index < -0.39 is 9.84 Å². The Balaban J connectivity index is 1.37. The molecule has 0 atom stereocenters. The van der Waals surface area contributed by atoms with E-state index in [0.717, 1.165) is 13.1 Å². The minimum absolute atomic E-state index is 0.000446. The molecule has 0 bridgehead atoms. The van der Waals surface area contributed by atoms with Gasteiger partial charge in [-0.25, -0.2) is 8.42 Å². The van der Waals surface area contributed by atoms with E-state index in [1.807, 2.05) is 21.9 Å². The lowest BCUT2D eigenvalue weighted by atomic mass is 10.1. The summed E-state index contributed by atoms with van der Waals surface area (Å²) in [4.78, 5) is 19.9. The van der Waals surface area contributed by atoms with Crippen molar-refractivity contribution in [3.63, 3.8) is 0 Å². The van der Waals surface area contributed by atoms with Crippen molar-refractivity contribution in [3.05, 3.63) is 77.9 Å². The molecule has 3 aromatic rings. The van der Waals surface area contributed by atoms with Gasteiger partial charge in [-0.3, -0.25) is 4.79 Å². The molecule has 0 radical (unpaired) electrons. The van der Waals surface area contributed by atoms with Crippen LogP contribution >= 0.6 is 0 Å². The Bertz CT molecular complexity index is 1270. The minimum atomic E-state index is -3.61. The molecule has 2 aliphatic heterocycles. The number of rotatable bonds is 3. The predicted octanol–water partition coefficient (Wildman–Crippen LogP) is 3.94. The number of benzene rings is 3. The number of sulfone groups is 1. The highest BCUT2D eigenvalue weighted by atomic mass is 32.2. The summed E-state index contributed by atoms with van der Waals surface area (Å²) in [5.41, 5.74) is 4.88. The molecule has 6 nitrogen and oxygen atoms in total. The fourth-order valence-corrected chi connectivity index (χ4v) is 6.40. The van der Waals surface area contributed by atoms with E-state index in [9.17, 15) is 13.2 Å². The van der Waals surface area contributed by atoms with Gasteiger partial charge in [-0.15, -0.1) is 0 Å². The van der Waals surface area contributed by atoms with Gasteiger partial charge < -0.3 is 14.7 Å². The molecule has 0 saturated carbocycles. The van der Waals surface area contributed by atoms with E-state index in [0.29, 0.717) is 24.5 Å². The summed E-state index contributed by atoms with van der Waals surface area (Å²) in [5.74, 6) is -0.000446. The van der Waals surface area contributed by atoms with Crippen LogP contribution in [0.2, 0.25) is 0 Å².